The first kappa shape index (κ1) is 9.03. The van der Waals surface area contributed by atoms with Gasteiger partial charge in [0.05, 0.1) is 0 Å². The number of hydrogen-bond donors (Lipinski definition) is 2. The van der Waals surface area contributed by atoms with Crippen LogP contribution in [0.15, 0.2) is 43.1 Å². The Labute approximate surface area is 83.4 Å². The van der Waals surface area contributed by atoms with Crippen molar-refractivity contribution in [3.8, 4) is 0 Å². The van der Waals surface area contributed by atoms with E-state index in [0.29, 0.717) is 0 Å². The van der Waals surface area contributed by atoms with Gasteiger partial charge in [-0.05, 0) is 18.1 Å². The van der Waals surface area contributed by atoms with Crippen molar-refractivity contribution in [1.82, 2.24) is 4.98 Å². The molecule has 3 N–H and O–H groups in total. The van der Waals surface area contributed by atoms with Crippen LogP contribution in [0, 0.1) is 0 Å². The number of benzene rings is 1. The molecule has 0 aliphatic rings. The van der Waals surface area contributed by atoms with Crippen LogP contribution in [0.5, 0.6) is 0 Å². The second kappa shape index (κ2) is 3.68. The van der Waals surface area contributed by atoms with Gasteiger partial charge in [0.25, 0.3) is 0 Å². The minimum absolute atomic E-state index is 0.0450. The minimum atomic E-state index is 0.0450. The summed E-state index contributed by atoms with van der Waals surface area (Å²) in [6, 6.07) is 8.23. The van der Waals surface area contributed by atoms with Crippen molar-refractivity contribution in [2.24, 2.45) is 5.73 Å². The summed E-state index contributed by atoms with van der Waals surface area (Å²) in [6.45, 7) is 3.70. The largest absolute Gasteiger partial charge is 0.361 e. The highest BCUT2D eigenvalue weighted by Gasteiger charge is 2.09. The van der Waals surface area contributed by atoms with Crippen LogP contribution >= 0.6 is 0 Å². The number of rotatable bonds is 3. The number of aromatic nitrogens is 1. The molecule has 0 saturated carbocycles. The molecule has 0 aliphatic carbocycles. The molecule has 72 valence electrons. The molecular formula is C12H14N2. The highest BCUT2D eigenvalue weighted by molar-refractivity contribution is 5.83. The first-order valence-electron chi connectivity index (χ1n) is 4.75. The fourth-order valence-electron chi connectivity index (χ4n) is 1.71. The standard InChI is InChI=1S/C12H14N2/c1-2-5-11(13)10-8-14-12-7-4-3-6-9(10)12/h2-4,6-8,11,14H,1,5,13H2. The lowest BCUT2D eigenvalue weighted by molar-refractivity contribution is 0.748. The second-order valence-electron chi connectivity index (χ2n) is 3.42. The number of fused-ring (bicyclic) bond motifs is 1. The lowest BCUT2D eigenvalue weighted by Gasteiger charge is -2.06. The Balaban J connectivity index is 2.47. The maximum atomic E-state index is 6.02. The molecule has 0 bridgehead atoms. The van der Waals surface area contributed by atoms with Crippen molar-refractivity contribution in [2.45, 2.75) is 12.5 Å². The molecule has 2 rings (SSSR count). The van der Waals surface area contributed by atoms with E-state index in [1.54, 1.807) is 0 Å². The molecule has 0 spiro atoms. The summed E-state index contributed by atoms with van der Waals surface area (Å²) in [5, 5.41) is 1.21. The monoisotopic (exact) mass is 186 g/mol. The third-order valence-electron chi connectivity index (χ3n) is 2.44. The van der Waals surface area contributed by atoms with E-state index in [4.69, 9.17) is 5.73 Å². The number of nitrogens with one attached hydrogen (secondary N) is 1. The van der Waals surface area contributed by atoms with Gasteiger partial charge in [-0.3, -0.25) is 0 Å². The molecule has 1 atom stereocenters. The number of para-hydroxylation sites is 1. The number of aromatic amines is 1. The molecule has 1 aromatic heterocycles. The molecule has 1 heterocycles. The predicted molar refractivity (Wildman–Crippen MR) is 60.0 cm³/mol. The SMILES string of the molecule is C=CCC(N)c1c[nH]c2ccccc12. The Hall–Kier alpha value is -1.54. The van der Waals surface area contributed by atoms with Gasteiger partial charge in [-0.1, -0.05) is 24.3 Å². The molecular weight excluding hydrogens is 172 g/mol. The Morgan fingerprint density at radius 1 is 1.43 bits per heavy atom. The molecule has 0 radical (unpaired) electrons. The summed E-state index contributed by atoms with van der Waals surface area (Å²) >= 11 is 0. The molecule has 2 heteroatoms. The van der Waals surface area contributed by atoms with Gasteiger partial charge < -0.3 is 10.7 Å². The van der Waals surface area contributed by atoms with E-state index in [2.05, 4.69) is 23.7 Å². The summed E-state index contributed by atoms with van der Waals surface area (Å²) in [5.41, 5.74) is 8.33. The summed E-state index contributed by atoms with van der Waals surface area (Å²) in [6.07, 6.45) is 4.65. The molecule has 0 fully saturated rings. The van der Waals surface area contributed by atoms with Crippen molar-refractivity contribution in [2.75, 3.05) is 0 Å². The van der Waals surface area contributed by atoms with Gasteiger partial charge >= 0.3 is 0 Å². The summed E-state index contributed by atoms with van der Waals surface area (Å²) < 4.78 is 0. The average molecular weight is 186 g/mol. The number of nitrogens with two attached hydrogens (primary N) is 1. The van der Waals surface area contributed by atoms with Gasteiger partial charge in [-0.15, -0.1) is 6.58 Å². The normalized spacial score (nSPS) is 12.9. The van der Waals surface area contributed by atoms with Crippen molar-refractivity contribution in [1.29, 1.82) is 0 Å². The van der Waals surface area contributed by atoms with Crippen LogP contribution in [0.4, 0.5) is 0 Å². The van der Waals surface area contributed by atoms with Crippen LogP contribution in [0.25, 0.3) is 10.9 Å². The fraction of sp³-hybridized carbons (Fsp3) is 0.167. The summed E-state index contributed by atoms with van der Waals surface area (Å²) in [7, 11) is 0. The Morgan fingerprint density at radius 3 is 3.00 bits per heavy atom. The van der Waals surface area contributed by atoms with Gasteiger partial charge in [0.2, 0.25) is 0 Å². The minimum Gasteiger partial charge on any atom is -0.361 e. The van der Waals surface area contributed by atoms with Crippen LogP contribution in [0.1, 0.15) is 18.0 Å². The fourth-order valence-corrected chi connectivity index (χ4v) is 1.71. The first-order chi connectivity index (χ1) is 6.83. The van der Waals surface area contributed by atoms with Gasteiger partial charge in [0.15, 0.2) is 0 Å². The Kier molecular flexibility index (Phi) is 2.37. The lowest BCUT2D eigenvalue weighted by atomic mass is 10.0. The molecule has 1 unspecified atom stereocenters. The zero-order chi connectivity index (χ0) is 9.97. The second-order valence-corrected chi connectivity index (χ2v) is 3.42. The number of H-pyrrole nitrogens is 1. The van der Waals surface area contributed by atoms with Gasteiger partial charge in [-0.2, -0.15) is 0 Å². The molecule has 14 heavy (non-hydrogen) atoms. The van der Waals surface area contributed by atoms with Crippen LogP contribution < -0.4 is 5.73 Å². The van der Waals surface area contributed by atoms with E-state index in [1.165, 1.54) is 10.9 Å². The molecule has 2 aromatic rings. The van der Waals surface area contributed by atoms with Crippen LogP contribution in [0.3, 0.4) is 0 Å². The van der Waals surface area contributed by atoms with Crippen LogP contribution in [0.2, 0.25) is 0 Å². The van der Waals surface area contributed by atoms with Crippen molar-refractivity contribution < 1.29 is 0 Å². The predicted octanol–water partition coefficient (Wildman–Crippen LogP) is 2.74. The van der Waals surface area contributed by atoms with E-state index in [1.807, 2.05) is 24.4 Å². The van der Waals surface area contributed by atoms with E-state index >= 15 is 0 Å². The Morgan fingerprint density at radius 2 is 2.21 bits per heavy atom. The molecule has 2 nitrogen and oxygen atoms in total. The molecule has 1 aromatic carbocycles. The quantitative estimate of drug-likeness (QED) is 0.711. The van der Waals surface area contributed by atoms with Crippen molar-refractivity contribution in [3.63, 3.8) is 0 Å². The zero-order valence-electron chi connectivity index (χ0n) is 8.03. The highest BCUT2D eigenvalue weighted by atomic mass is 14.7. The third kappa shape index (κ3) is 1.44. The van der Waals surface area contributed by atoms with E-state index in [9.17, 15) is 0 Å². The van der Waals surface area contributed by atoms with E-state index in [-0.39, 0.29) is 6.04 Å². The smallest absolute Gasteiger partial charge is 0.0457 e. The highest BCUT2D eigenvalue weighted by Crippen LogP contribution is 2.24. The van der Waals surface area contributed by atoms with Crippen molar-refractivity contribution >= 4 is 10.9 Å². The molecule has 0 saturated heterocycles. The molecule has 0 amide bonds. The maximum absolute atomic E-state index is 6.02. The Bertz CT molecular complexity index is 442. The number of hydrogen-bond acceptors (Lipinski definition) is 1. The maximum Gasteiger partial charge on any atom is 0.0457 e. The van der Waals surface area contributed by atoms with Crippen LogP contribution in [-0.4, -0.2) is 4.98 Å². The molecule has 0 aliphatic heterocycles. The van der Waals surface area contributed by atoms with Crippen molar-refractivity contribution in [3.05, 3.63) is 48.7 Å². The lowest BCUT2D eigenvalue weighted by Crippen LogP contribution is -2.07. The zero-order valence-corrected chi connectivity index (χ0v) is 8.03. The average Bonchev–Trinajstić information content (AvgIpc) is 2.61. The summed E-state index contributed by atoms with van der Waals surface area (Å²) in [5.74, 6) is 0. The third-order valence-corrected chi connectivity index (χ3v) is 2.44. The van der Waals surface area contributed by atoms with Gasteiger partial charge in [-0.25, -0.2) is 0 Å². The van der Waals surface area contributed by atoms with Gasteiger partial charge in [0.1, 0.15) is 0 Å². The van der Waals surface area contributed by atoms with Crippen LogP contribution in [-0.2, 0) is 0 Å². The van der Waals surface area contributed by atoms with Gasteiger partial charge in [0, 0.05) is 23.1 Å². The van der Waals surface area contributed by atoms with E-state index < -0.39 is 0 Å². The topological polar surface area (TPSA) is 41.8 Å². The van der Waals surface area contributed by atoms with E-state index in [0.717, 1.165) is 11.9 Å². The first-order valence-corrected chi connectivity index (χ1v) is 4.75. The summed E-state index contributed by atoms with van der Waals surface area (Å²) in [4.78, 5) is 3.21.